The van der Waals surface area contributed by atoms with Crippen molar-refractivity contribution in [3.05, 3.63) is 60.7 Å². The number of nitrogens with zero attached hydrogens (tertiary/aromatic N) is 6. The van der Waals surface area contributed by atoms with Gasteiger partial charge in [-0.2, -0.15) is 0 Å². The van der Waals surface area contributed by atoms with Gasteiger partial charge < -0.3 is 0 Å². The molecule has 0 rings (SSSR count). The van der Waals surface area contributed by atoms with E-state index in [1.165, 1.54) is 0 Å². The van der Waals surface area contributed by atoms with E-state index in [0.717, 1.165) is 0 Å². The molecule has 0 N–H and O–H groups in total. The molecule has 0 aliphatic rings. The van der Waals surface area contributed by atoms with Crippen molar-refractivity contribution in [2.45, 2.75) is 0 Å². The summed E-state index contributed by atoms with van der Waals surface area (Å²) >= 11 is -11.1. The molecule has 18 nitrogen and oxygen atoms in total. The molecule has 20 heavy (non-hydrogen) atoms. The fourth-order valence-corrected chi connectivity index (χ4v) is 5.46. The van der Waals surface area contributed by atoms with E-state index in [1.54, 1.807) is 0 Å². The summed E-state index contributed by atoms with van der Waals surface area (Å²) in [4.78, 5) is 63.3. The molecule has 0 aliphatic carbocycles. The van der Waals surface area contributed by atoms with E-state index in [2.05, 4.69) is 0 Å². The van der Waals surface area contributed by atoms with Gasteiger partial charge in [0.15, 0.2) is 0 Å². The normalized spacial score (nSPS) is 13.8. The van der Waals surface area contributed by atoms with Crippen LogP contribution in [-0.2, 0) is 14.3 Å². The van der Waals surface area contributed by atoms with Gasteiger partial charge in [0, 0.05) is 0 Å². The van der Waals surface area contributed by atoms with E-state index >= 15 is 0 Å². The summed E-state index contributed by atoms with van der Waals surface area (Å²) in [6.45, 7) is 0. The zero-order chi connectivity index (χ0) is 15.9. The van der Waals surface area contributed by atoms with Gasteiger partial charge in [-0.25, -0.2) is 0 Å². The topological polar surface area (TPSA) is 259 Å². The Labute approximate surface area is 146 Å². The number of rotatable bonds is 6. The molecule has 0 aromatic rings. The third-order valence-corrected chi connectivity index (χ3v) is 13.4. The first-order valence-corrected chi connectivity index (χ1v) is 9.51. The third kappa shape index (κ3) is 1.19. The van der Waals surface area contributed by atoms with Gasteiger partial charge in [0.25, 0.3) is 0 Å². The van der Waals surface area contributed by atoms with E-state index in [9.17, 15) is 60.7 Å². The SMILES string of the molecule is O=[N+]([O-])[Ir]([N+](=O)[O-])([N+](=O)[O-])([N+](=O)[O-])([N+](=O)[O-])[N+](=O)[O-].[KH]. The molecular weight excluding hydrogens is 507 g/mol. The Balaban J connectivity index is 0. The van der Waals surface area contributed by atoms with E-state index in [4.69, 9.17) is 0 Å². The molecular formula is HIrKN6O12. The number of hydrogen-bond donors (Lipinski definition) is 0. The quantitative estimate of drug-likeness (QED) is 0.209. The second-order valence-corrected chi connectivity index (χ2v) is 14.6. The van der Waals surface area contributed by atoms with Crippen LogP contribution in [-0.4, -0.2) is 72.9 Å². The summed E-state index contributed by atoms with van der Waals surface area (Å²) in [6.07, 6.45) is 0. The van der Waals surface area contributed by atoms with Crippen molar-refractivity contribution in [2.75, 3.05) is 0 Å². The molecule has 0 amide bonds. The van der Waals surface area contributed by atoms with Crippen LogP contribution in [0.2, 0.25) is 0 Å². The van der Waals surface area contributed by atoms with E-state index < -0.39 is 35.9 Å². The molecule has 0 unspecified atom stereocenters. The van der Waals surface area contributed by atoms with Crippen LogP contribution < -0.4 is 0 Å². The molecule has 0 aromatic carbocycles. The minimum atomic E-state index is -11.1. The molecule has 0 saturated carbocycles. The number of nitro groups is 6. The average Bonchev–Trinajstić information content (AvgIpc) is 2.15. The molecule has 0 heterocycles. The van der Waals surface area contributed by atoms with Gasteiger partial charge in [-0.05, 0) is 0 Å². The molecule has 0 spiro atoms. The van der Waals surface area contributed by atoms with Crippen LogP contribution in [0.1, 0.15) is 0 Å². The van der Waals surface area contributed by atoms with Gasteiger partial charge >= 0.3 is 148 Å². The van der Waals surface area contributed by atoms with Crippen molar-refractivity contribution >= 4 is 51.4 Å². The van der Waals surface area contributed by atoms with Crippen molar-refractivity contribution in [1.82, 2.24) is 0 Å². The molecule has 20 heteroatoms. The summed E-state index contributed by atoms with van der Waals surface area (Å²) in [6, 6.07) is 0. The fraction of sp³-hybridized carbons (Fsp3) is 0. The second kappa shape index (κ2) is 4.90. The fourth-order valence-electron chi connectivity index (χ4n) is 0.667. The Morgan fingerprint density at radius 1 is 0.450 bits per heavy atom. The molecule has 0 aliphatic heterocycles. The van der Waals surface area contributed by atoms with Crippen molar-refractivity contribution in [3.8, 4) is 0 Å². The van der Waals surface area contributed by atoms with Gasteiger partial charge in [0.05, 0.1) is 0 Å². The van der Waals surface area contributed by atoms with Crippen LogP contribution in [0.3, 0.4) is 0 Å². The van der Waals surface area contributed by atoms with Gasteiger partial charge in [0.1, 0.15) is 0 Å². The predicted molar refractivity (Wildman–Crippen MR) is 49.1 cm³/mol. The zero-order valence-electron chi connectivity index (χ0n) is 7.92. The zero-order valence-corrected chi connectivity index (χ0v) is 10.3. The maximum absolute atomic E-state index is 11.1. The number of hydrogen-bond acceptors (Lipinski definition) is 12. The molecule has 0 atom stereocenters. The monoisotopic (exact) mass is 509 g/mol. The molecule has 0 fully saturated rings. The summed E-state index contributed by atoms with van der Waals surface area (Å²) in [5.41, 5.74) is 0. The van der Waals surface area contributed by atoms with Crippen molar-refractivity contribution < 1.29 is 35.9 Å². The van der Waals surface area contributed by atoms with Gasteiger partial charge in [0.2, 0.25) is 0 Å². The average molecular weight is 508 g/mol. The molecule has 0 bridgehead atoms. The minimum absolute atomic E-state index is 0. The first kappa shape index (κ1) is 21.0. The standard InChI is InChI=1S/Ir.K.6NO2.H/c;;6*2-1-3;. The Morgan fingerprint density at radius 3 is 0.550 bits per heavy atom. The van der Waals surface area contributed by atoms with Crippen LogP contribution >= 0.6 is 0 Å². The Morgan fingerprint density at radius 2 is 0.550 bits per heavy atom. The van der Waals surface area contributed by atoms with Crippen molar-refractivity contribution in [1.29, 1.82) is 0 Å². The summed E-state index contributed by atoms with van der Waals surface area (Å²) < 4.78 is -19.2. The van der Waals surface area contributed by atoms with Crippen LogP contribution in [0.15, 0.2) is 0 Å². The molecule has 0 radical (unpaired) electrons. The summed E-state index contributed by atoms with van der Waals surface area (Å²) in [7, 11) is 0. The maximum atomic E-state index is 10.6. The van der Waals surface area contributed by atoms with Gasteiger partial charge in [-0.1, -0.05) is 0 Å². The Kier molecular flexibility index (Phi) is 5.15. The van der Waals surface area contributed by atoms with Gasteiger partial charge in [-0.15, -0.1) is 0 Å². The Hall–Kier alpha value is -1.31. The van der Waals surface area contributed by atoms with Crippen molar-refractivity contribution in [2.24, 2.45) is 0 Å². The van der Waals surface area contributed by atoms with E-state index in [-0.39, 0.29) is 51.4 Å². The van der Waals surface area contributed by atoms with Crippen molar-refractivity contribution in [3.63, 3.8) is 0 Å². The Bertz CT molecular complexity index is 431. The summed E-state index contributed by atoms with van der Waals surface area (Å²) in [5.74, 6) is 0. The molecule has 0 aromatic heterocycles. The van der Waals surface area contributed by atoms with Crippen LogP contribution in [0.5, 0.6) is 0 Å². The second-order valence-electron chi connectivity index (χ2n) is 2.18. The third-order valence-electron chi connectivity index (χ3n) is 1.63. The molecule has 113 valence electrons. The summed E-state index contributed by atoms with van der Waals surface area (Å²) in [5, 5.41) is 63.3. The van der Waals surface area contributed by atoms with Gasteiger partial charge in [-0.3, -0.25) is 0 Å². The van der Waals surface area contributed by atoms with Crippen LogP contribution in [0.25, 0.3) is 0 Å². The van der Waals surface area contributed by atoms with Crippen LogP contribution in [0.4, 0.5) is 0 Å². The molecule has 0 saturated heterocycles. The predicted octanol–water partition coefficient (Wildman–Crippen LogP) is -2.29. The van der Waals surface area contributed by atoms with Crippen LogP contribution in [0, 0.1) is 60.7 Å². The van der Waals surface area contributed by atoms with E-state index in [1.807, 2.05) is 0 Å². The first-order chi connectivity index (χ1) is 8.34. The van der Waals surface area contributed by atoms with E-state index in [0.29, 0.717) is 0 Å². The first-order valence-electron chi connectivity index (χ1n) is 3.09.